The summed E-state index contributed by atoms with van der Waals surface area (Å²) in [6, 6.07) is 8.22. The van der Waals surface area contributed by atoms with Crippen molar-refractivity contribution in [1.29, 1.82) is 5.26 Å². The van der Waals surface area contributed by atoms with Crippen molar-refractivity contribution in [2.24, 2.45) is 0 Å². The van der Waals surface area contributed by atoms with Gasteiger partial charge in [-0.05, 0) is 31.0 Å². The Labute approximate surface area is 113 Å². The zero-order valence-electron chi connectivity index (χ0n) is 9.96. The molecule has 0 N–H and O–H groups in total. The zero-order valence-corrected chi connectivity index (χ0v) is 10.8. The average Bonchev–Trinajstić information content (AvgIpc) is 2.90. The summed E-state index contributed by atoms with van der Waals surface area (Å²) in [6.45, 7) is 0. The lowest BCUT2D eigenvalue weighted by atomic mass is 10.1. The molecule has 4 nitrogen and oxygen atoms in total. The van der Waals surface area contributed by atoms with Crippen molar-refractivity contribution in [1.82, 2.24) is 9.97 Å². The lowest BCUT2D eigenvalue weighted by Crippen LogP contribution is -2.02. The molecular weight excluding hydrogens is 258 g/mol. The summed E-state index contributed by atoms with van der Waals surface area (Å²) in [6.07, 6.45) is 3.29. The molecule has 3 aromatic rings. The van der Waals surface area contributed by atoms with E-state index in [1.54, 1.807) is 11.3 Å². The number of hydrogen-bond donors (Lipinski definition) is 0. The normalized spacial score (nSPS) is 16.4. The first-order valence-corrected chi connectivity index (χ1v) is 6.90. The first-order valence-electron chi connectivity index (χ1n) is 6.02. The molecule has 0 unspecified atom stereocenters. The van der Waals surface area contributed by atoms with Crippen molar-refractivity contribution in [3.8, 4) is 16.6 Å². The molecule has 1 aromatic carbocycles. The second-order valence-corrected chi connectivity index (χ2v) is 5.62. The molecule has 2 aromatic heterocycles. The van der Waals surface area contributed by atoms with Crippen molar-refractivity contribution in [3.05, 3.63) is 35.7 Å². The van der Waals surface area contributed by atoms with Crippen LogP contribution in [-0.2, 0) is 5.41 Å². The van der Waals surface area contributed by atoms with Crippen LogP contribution >= 0.6 is 11.3 Å². The van der Waals surface area contributed by atoms with E-state index in [4.69, 9.17) is 4.42 Å². The fourth-order valence-electron chi connectivity index (χ4n) is 2.16. The number of fused-ring (bicyclic) bond motifs is 1. The SMILES string of the molecule is N#CC1(c2csc(-c3ccc4ncoc4c3)n2)CC1. The zero-order chi connectivity index (χ0) is 12.9. The van der Waals surface area contributed by atoms with Crippen LogP contribution in [0.15, 0.2) is 34.4 Å². The molecule has 1 saturated carbocycles. The molecule has 92 valence electrons. The Kier molecular flexibility index (Phi) is 2.06. The minimum Gasteiger partial charge on any atom is -0.443 e. The Morgan fingerprint density at radius 3 is 3.05 bits per heavy atom. The van der Waals surface area contributed by atoms with Crippen molar-refractivity contribution in [2.75, 3.05) is 0 Å². The van der Waals surface area contributed by atoms with Crippen molar-refractivity contribution >= 4 is 22.4 Å². The van der Waals surface area contributed by atoms with Crippen LogP contribution in [0.25, 0.3) is 21.7 Å². The Hall–Kier alpha value is -2.19. The molecule has 0 saturated heterocycles. The van der Waals surface area contributed by atoms with E-state index in [1.165, 1.54) is 6.39 Å². The summed E-state index contributed by atoms with van der Waals surface area (Å²) in [5.74, 6) is 0. The molecule has 1 aliphatic rings. The molecule has 4 rings (SSSR count). The first kappa shape index (κ1) is 10.7. The van der Waals surface area contributed by atoms with Gasteiger partial charge in [0.2, 0.25) is 0 Å². The first-order chi connectivity index (χ1) is 9.31. The highest BCUT2D eigenvalue weighted by Crippen LogP contribution is 2.48. The minimum absolute atomic E-state index is 0.314. The summed E-state index contributed by atoms with van der Waals surface area (Å²) in [4.78, 5) is 8.71. The second-order valence-electron chi connectivity index (χ2n) is 4.77. The number of hydrogen-bond acceptors (Lipinski definition) is 5. The van der Waals surface area contributed by atoms with Crippen LogP contribution < -0.4 is 0 Å². The Morgan fingerprint density at radius 1 is 1.37 bits per heavy atom. The van der Waals surface area contributed by atoms with Gasteiger partial charge in [-0.25, -0.2) is 9.97 Å². The van der Waals surface area contributed by atoms with Gasteiger partial charge in [0.15, 0.2) is 12.0 Å². The molecule has 19 heavy (non-hydrogen) atoms. The Bertz CT molecular complexity index is 807. The van der Waals surface area contributed by atoms with Gasteiger partial charge < -0.3 is 4.42 Å². The summed E-state index contributed by atoms with van der Waals surface area (Å²) in [7, 11) is 0. The highest BCUT2D eigenvalue weighted by atomic mass is 32.1. The number of nitriles is 1. The molecule has 0 radical (unpaired) electrons. The van der Waals surface area contributed by atoms with Gasteiger partial charge in [-0.2, -0.15) is 5.26 Å². The largest absolute Gasteiger partial charge is 0.443 e. The second kappa shape index (κ2) is 3.65. The van der Waals surface area contributed by atoms with Crippen LogP contribution in [-0.4, -0.2) is 9.97 Å². The highest BCUT2D eigenvalue weighted by molar-refractivity contribution is 7.13. The number of thiazole rings is 1. The number of aromatic nitrogens is 2. The topological polar surface area (TPSA) is 62.7 Å². The van der Waals surface area contributed by atoms with Crippen LogP contribution in [0.4, 0.5) is 0 Å². The third-order valence-electron chi connectivity index (χ3n) is 3.54. The summed E-state index contributed by atoms with van der Waals surface area (Å²) in [5.41, 5.74) is 3.21. The molecule has 1 aliphatic carbocycles. The fourth-order valence-corrected chi connectivity index (χ4v) is 3.08. The summed E-state index contributed by atoms with van der Waals surface area (Å²) < 4.78 is 5.30. The third-order valence-corrected chi connectivity index (χ3v) is 4.43. The van der Waals surface area contributed by atoms with E-state index < -0.39 is 0 Å². The van der Waals surface area contributed by atoms with Gasteiger partial charge in [-0.1, -0.05) is 0 Å². The van der Waals surface area contributed by atoms with Gasteiger partial charge in [0.1, 0.15) is 15.9 Å². The summed E-state index contributed by atoms with van der Waals surface area (Å²) in [5, 5.41) is 12.1. The predicted molar refractivity (Wildman–Crippen MR) is 71.6 cm³/mol. The van der Waals surface area contributed by atoms with Crippen LogP contribution in [0, 0.1) is 11.3 Å². The lowest BCUT2D eigenvalue weighted by Gasteiger charge is -1.99. The van der Waals surface area contributed by atoms with E-state index in [0.29, 0.717) is 0 Å². The van der Waals surface area contributed by atoms with Gasteiger partial charge in [-0.3, -0.25) is 0 Å². The number of rotatable bonds is 2. The van der Waals surface area contributed by atoms with Crippen LogP contribution in [0.5, 0.6) is 0 Å². The maximum atomic E-state index is 9.19. The van der Waals surface area contributed by atoms with Crippen LogP contribution in [0.3, 0.4) is 0 Å². The molecule has 0 aliphatic heterocycles. The minimum atomic E-state index is -0.314. The van der Waals surface area contributed by atoms with E-state index >= 15 is 0 Å². The van der Waals surface area contributed by atoms with E-state index in [2.05, 4.69) is 16.0 Å². The molecule has 1 fully saturated rings. The van der Waals surface area contributed by atoms with Gasteiger partial charge in [0.05, 0.1) is 11.8 Å². The number of nitrogens with zero attached hydrogens (tertiary/aromatic N) is 3. The number of benzene rings is 1. The Balaban J connectivity index is 1.78. The smallest absolute Gasteiger partial charge is 0.181 e. The predicted octanol–water partition coefficient (Wildman–Crippen LogP) is 3.51. The van der Waals surface area contributed by atoms with Crippen molar-refractivity contribution in [3.63, 3.8) is 0 Å². The molecular formula is C14H9N3OS. The summed E-state index contributed by atoms with van der Waals surface area (Å²) >= 11 is 1.57. The molecule has 0 atom stereocenters. The Morgan fingerprint density at radius 2 is 2.26 bits per heavy atom. The van der Waals surface area contributed by atoms with E-state index in [-0.39, 0.29) is 5.41 Å². The standard InChI is InChI=1S/C14H9N3OS/c15-7-14(3-4-14)12-6-19-13(17-12)9-1-2-10-11(5-9)18-8-16-10/h1-2,5-6,8H,3-4H2. The molecule has 0 spiro atoms. The maximum Gasteiger partial charge on any atom is 0.181 e. The van der Waals surface area contributed by atoms with Gasteiger partial charge >= 0.3 is 0 Å². The molecule has 2 heterocycles. The molecule has 0 amide bonds. The average molecular weight is 267 g/mol. The number of oxazole rings is 1. The van der Waals surface area contributed by atoms with Gasteiger partial charge in [0.25, 0.3) is 0 Å². The van der Waals surface area contributed by atoms with E-state index in [1.807, 2.05) is 23.6 Å². The fraction of sp³-hybridized carbons (Fsp3) is 0.214. The third kappa shape index (κ3) is 1.57. The van der Waals surface area contributed by atoms with Crippen LogP contribution in [0.2, 0.25) is 0 Å². The van der Waals surface area contributed by atoms with Crippen LogP contribution in [0.1, 0.15) is 18.5 Å². The lowest BCUT2D eigenvalue weighted by molar-refractivity contribution is 0.602. The van der Waals surface area contributed by atoms with E-state index in [9.17, 15) is 5.26 Å². The van der Waals surface area contributed by atoms with Gasteiger partial charge in [0, 0.05) is 10.9 Å². The van der Waals surface area contributed by atoms with Crippen molar-refractivity contribution < 1.29 is 4.42 Å². The van der Waals surface area contributed by atoms with Crippen molar-refractivity contribution in [2.45, 2.75) is 18.3 Å². The quantitative estimate of drug-likeness (QED) is 0.712. The monoisotopic (exact) mass is 267 g/mol. The highest BCUT2D eigenvalue weighted by Gasteiger charge is 2.47. The maximum absolute atomic E-state index is 9.19. The molecule has 0 bridgehead atoms. The van der Waals surface area contributed by atoms with Gasteiger partial charge in [-0.15, -0.1) is 11.3 Å². The van der Waals surface area contributed by atoms with E-state index in [0.717, 1.165) is 40.2 Å². The molecule has 5 heteroatoms.